The summed E-state index contributed by atoms with van der Waals surface area (Å²) in [7, 11) is 0. The van der Waals surface area contributed by atoms with Gasteiger partial charge in [0.1, 0.15) is 11.2 Å². The molecule has 0 atom stereocenters. The van der Waals surface area contributed by atoms with E-state index in [4.69, 9.17) is 4.42 Å². The summed E-state index contributed by atoms with van der Waals surface area (Å²) in [6, 6.07) is 80.6. The van der Waals surface area contributed by atoms with Gasteiger partial charge >= 0.3 is 0 Å². The Morgan fingerprint density at radius 1 is 0.276 bits per heavy atom. The highest BCUT2D eigenvalue weighted by molar-refractivity contribution is 6.10. The van der Waals surface area contributed by atoms with Gasteiger partial charge in [-0.1, -0.05) is 170 Å². The van der Waals surface area contributed by atoms with Crippen molar-refractivity contribution in [3.05, 3.63) is 224 Å². The molecule has 0 saturated carbocycles. The highest BCUT2D eigenvalue weighted by atomic mass is 16.3. The Morgan fingerprint density at radius 2 is 0.759 bits per heavy atom. The topological polar surface area (TPSA) is 16.4 Å². The molecule has 1 aromatic heterocycles. The minimum atomic E-state index is 0.907. The van der Waals surface area contributed by atoms with Gasteiger partial charge in [0.15, 0.2) is 0 Å². The molecule has 10 aromatic carbocycles. The van der Waals surface area contributed by atoms with E-state index >= 15 is 0 Å². The fraction of sp³-hybridized carbons (Fsp3) is 0. The second-order valence-corrected chi connectivity index (χ2v) is 14.9. The minimum Gasteiger partial charge on any atom is -0.455 e. The van der Waals surface area contributed by atoms with E-state index in [1.165, 1.54) is 54.9 Å². The molecule has 2 heteroatoms. The Morgan fingerprint density at radius 3 is 1.50 bits per heavy atom. The lowest BCUT2D eigenvalue weighted by Crippen LogP contribution is -2.09. The molecule has 0 bridgehead atoms. The Bertz CT molecular complexity index is 3250. The van der Waals surface area contributed by atoms with E-state index in [1.807, 2.05) is 12.1 Å². The van der Waals surface area contributed by atoms with Crippen LogP contribution in [0, 0.1) is 0 Å². The Hall–Kier alpha value is -7.68. The first-order valence-electron chi connectivity index (χ1n) is 19.8. The highest BCUT2D eigenvalue weighted by Crippen LogP contribution is 2.40. The van der Waals surface area contributed by atoms with E-state index in [-0.39, 0.29) is 0 Å². The predicted octanol–water partition coefficient (Wildman–Crippen LogP) is 16.0. The molecule has 0 unspecified atom stereocenters. The first kappa shape index (κ1) is 33.6. The zero-order chi connectivity index (χ0) is 38.4. The van der Waals surface area contributed by atoms with Crippen LogP contribution in [0.3, 0.4) is 0 Å². The van der Waals surface area contributed by atoms with Crippen molar-refractivity contribution in [2.75, 3.05) is 4.90 Å². The van der Waals surface area contributed by atoms with Crippen molar-refractivity contribution in [1.82, 2.24) is 0 Å². The van der Waals surface area contributed by atoms with Gasteiger partial charge in [0.25, 0.3) is 0 Å². The number of fused-ring (bicyclic) bond motifs is 6. The highest BCUT2D eigenvalue weighted by Gasteiger charge is 2.16. The van der Waals surface area contributed by atoms with E-state index in [0.717, 1.165) is 50.1 Å². The molecule has 58 heavy (non-hydrogen) atoms. The molecule has 0 aliphatic carbocycles. The largest absolute Gasteiger partial charge is 0.455 e. The fourth-order valence-corrected chi connectivity index (χ4v) is 8.52. The van der Waals surface area contributed by atoms with Crippen LogP contribution in [0.25, 0.3) is 88.0 Å². The second-order valence-electron chi connectivity index (χ2n) is 14.9. The van der Waals surface area contributed by atoms with Gasteiger partial charge in [-0.05, 0) is 115 Å². The number of nitrogens with zero attached hydrogens (tertiary/aromatic N) is 1. The monoisotopic (exact) mass is 739 g/mol. The van der Waals surface area contributed by atoms with Crippen molar-refractivity contribution in [3.8, 4) is 44.5 Å². The van der Waals surface area contributed by atoms with Crippen molar-refractivity contribution < 1.29 is 4.42 Å². The maximum atomic E-state index is 6.40. The molecule has 11 aromatic rings. The van der Waals surface area contributed by atoms with Crippen molar-refractivity contribution in [2.24, 2.45) is 0 Å². The number of benzene rings is 10. The van der Waals surface area contributed by atoms with Crippen molar-refractivity contribution in [2.45, 2.75) is 0 Å². The summed E-state index contributed by atoms with van der Waals surface area (Å²) in [5.41, 5.74) is 14.4. The van der Waals surface area contributed by atoms with E-state index in [0.29, 0.717) is 0 Å². The molecular weight excluding hydrogens is 703 g/mol. The molecule has 272 valence electrons. The summed E-state index contributed by atoms with van der Waals surface area (Å²) in [5, 5.41) is 7.36. The van der Waals surface area contributed by atoms with Gasteiger partial charge in [0.05, 0.1) is 0 Å². The lowest BCUT2D eigenvalue weighted by atomic mass is 9.95. The number of hydrogen-bond acceptors (Lipinski definition) is 2. The van der Waals surface area contributed by atoms with Crippen LogP contribution in [-0.2, 0) is 0 Å². The maximum absolute atomic E-state index is 6.40. The van der Waals surface area contributed by atoms with Crippen LogP contribution in [0.1, 0.15) is 0 Å². The molecule has 0 radical (unpaired) electrons. The standard InChI is InChI=1S/C56H37NO/c1-2-10-38(11-3-1)39-22-29-47(30-23-39)57(49-33-26-42(27-34-49)52-17-9-18-54-53-16-6-7-19-55(53)58-56(52)54)48-31-24-40(25-32-48)43-13-8-14-44(36-43)45-28-35-51-46(37-45)21-20-41-12-4-5-15-50(41)51/h1-37H. The SMILES string of the molecule is c1ccc(-c2ccc(N(c3ccc(-c4cccc(-c5ccc6c(ccc7ccccc76)c5)c4)cc3)c3ccc(-c4cccc5c4oc4ccccc45)cc3)cc2)cc1. The van der Waals surface area contributed by atoms with Crippen LogP contribution in [0.5, 0.6) is 0 Å². The third kappa shape index (κ3) is 6.00. The lowest BCUT2D eigenvalue weighted by molar-refractivity contribution is 0.670. The first-order valence-corrected chi connectivity index (χ1v) is 19.8. The van der Waals surface area contributed by atoms with Crippen molar-refractivity contribution >= 4 is 60.5 Å². The van der Waals surface area contributed by atoms with E-state index in [2.05, 4.69) is 217 Å². The summed E-state index contributed by atoms with van der Waals surface area (Å²) >= 11 is 0. The summed E-state index contributed by atoms with van der Waals surface area (Å²) < 4.78 is 6.40. The molecule has 0 aliphatic rings. The summed E-state index contributed by atoms with van der Waals surface area (Å²) in [6.45, 7) is 0. The van der Waals surface area contributed by atoms with Gasteiger partial charge in [0.2, 0.25) is 0 Å². The smallest absolute Gasteiger partial charge is 0.143 e. The number of rotatable bonds is 7. The summed E-state index contributed by atoms with van der Waals surface area (Å²) in [6.07, 6.45) is 0. The fourth-order valence-electron chi connectivity index (χ4n) is 8.52. The molecule has 0 aliphatic heterocycles. The molecule has 1 heterocycles. The average Bonchev–Trinajstić information content (AvgIpc) is 3.69. The second kappa shape index (κ2) is 14.1. The predicted molar refractivity (Wildman–Crippen MR) is 245 cm³/mol. The van der Waals surface area contributed by atoms with Gasteiger partial charge in [0, 0.05) is 33.4 Å². The zero-order valence-corrected chi connectivity index (χ0v) is 31.7. The Kier molecular flexibility index (Phi) is 8.19. The summed E-state index contributed by atoms with van der Waals surface area (Å²) in [4.78, 5) is 2.33. The third-order valence-electron chi connectivity index (χ3n) is 11.5. The van der Waals surface area contributed by atoms with Crippen molar-refractivity contribution in [3.63, 3.8) is 0 Å². The number of furan rings is 1. The van der Waals surface area contributed by atoms with Gasteiger partial charge in [-0.2, -0.15) is 0 Å². The number of anilines is 3. The van der Waals surface area contributed by atoms with Crippen LogP contribution in [-0.4, -0.2) is 0 Å². The molecule has 0 saturated heterocycles. The quantitative estimate of drug-likeness (QED) is 0.151. The van der Waals surface area contributed by atoms with E-state index in [9.17, 15) is 0 Å². The average molecular weight is 740 g/mol. The molecule has 2 nitrogen and oxygen atoms in total. The van der Waals surface area contributed by atoms with Gasteiger partial charge in [-0.25, -0.2) is 0 Å². The lowest BCUT2D eigenvalue weighted by Gasteiger charge is -2.26. The van der Waals surface area contributed by atoms with Gasteiger partial charge < -0.3 is 9.32 Å². The van der Waals surface area contributed by atoms with Crippen LogP contribution in [0.2, 0.25) is 0 Å². The van der Waals surface area contributed by atoms with Gasteiger partial charge in [-0.3, -0.25) is 0 Å². The van der Waals surface area contributed by atoms with Crippen molar-refractivity contribution in [1.29, 1.82) is 0 Å². The maximum Gasteiger partial charge on any atom is 0.143 e. The minimum absolute atomic E-state index is 0.907. The van der Waals surface area contributed by atoms with Crippen LogP contribution < -0.4 is 4.90 Å². The molecule has 0 fully saturated rings. The molecule has 0 amide bonds. The Labute approximate surface area is 337 Å². The van der Waals surface area contributed by atoms with Gasteiger partial charge in [-0.15, -0.1) is 0 Å². The van der Waals surface area contributed by atoms with Crippen LogP contribution in [0.15, 0.2) is 229 Å². The number of para-hydroxylation sites is 2. The molecule has 0 spiro atoms. The number of hydrogen-bond donors (Lipinski definition) is 0. The van der Waals surface area contributed by atoms with E-state index in [1.54, 1.807) is 0 Å². The normalized spacial score (nSPS) is 11.4. The molecular formula is C56H37NO. The summed E-state index contributed by atoms with van der Waals surface area (Å²) in [5.74, 6) is 0. The third-order valence-corrected chi connectivity index (χ3v) is 11.5. The van der Waals surface area contributed by atoms with Crippen LogP contribution in [0.4, 0.5) is 17.1 Å². The Balaban J connectivity index is 0.943. The molecule has 0 N–H and O–H groups in total. The zero-order valence-electron chi connectivity index (χ0n) is 31.7. The molecule has 11 rings (SSSR count). The van der Waals surface area contributed by atoms with Crippen LogP contribution >= 0.6 is 0 Å². The first-order chi connectivity index (χ1) is 28.7. The van der Waals surface area contributed by atoms with E-state index < -0.39 is 0 Å².